The van der Waals surface area contributed by atoms with Crippen molar-refractivity contribution in [3.05, 3.63) is 60.3 Å². The normalized spacial score (nSPS) is 23.2. The van der Waals surface area contributed by atoms with E-state index in [0.717, 1.165) is 51.3 Å². The molecule has 0 unspecified atom stereocenters. The van der Waals surface area contributed by atoms with Crippen molar-refractivity contribution in [1.29, 1.82) is 0 Å². The lowest BCUT2D eigenvalue weighted by Crippen LogP contribution is -2.37. The number of aromatic nitrogens is 1. The topological polar surface area (TPSA) is 36.4 Å². The van der Waals surface area contributed by atoms with E-state index >= 15 is 0 Å². The van der Waals surface area contributed by atoms with Gasteiger partial charge >= 0.3 is 0 Å². The Kier molecular flexibility index (Phi) is 5.19. The monoisotopic (exact) mass is 349 g/mol. The first-order valence-corrected chi connectivity index (χ1v) is 9.78. The zero-order valence-electron chi connectivity index (χ0n) is 15.3. The summed E-state index contributed by atoms with van der Waals surface area (Å²) in [5.41, 5.74) is 1.43. The van der Waals surface area contributed by atoms with Crippen LogP contribution in [0, 0.1) is 5.92 Å². The maximum Gasteiger partial charge on any atom is 0.222 e. The Morgan fingerprint density at radius 3 is 2.54 bits per heavy atom. The van der Waals surface area contributed by atoms with E-state index in [1.807, 2.05) is 18.3 Å². The Hall–Kier alpha value is -2.36. The lowest BCUT2D eigenvalue weighted by atomic mass is 9.70. The van der Waals surface area contributed by atoms with Crippen LogP contribution in [0.3, 0.4) is 0 Å². The molecule has 4 heteroatoms. The number of nitrogens with zero attached hydrogens (tertiary/aromatic N) is 3. The summed E-state index contributed by atoms with van der Waals surface area (Å²) in [7, 11) is 0. The molecule has 0 N–H and O–H groups in total. The van der Waals surface area contributed by atoms with E-state index in [4.69, 9.17) is 0 Å². The third kappa shape index (κ3) is 3.90. The van der Waals surface area contributed by atoms with E-state index in [-0.39, 0.29) is 0 Å². The maximum absolute atomic E-state index is 12.7. The first-order chi connectivity index (χ1) is 12.8. The molecule has 0 radical (unpaired) electrons. The van der Waals surface area contributed by atoms with Gasteiger partial charge in [-0.25, -0.2) is 4.98 Å². The highest BCUT2D eigenvalue weighted by Crippen LogP contribution is 2.43. The molecule has 26 heavy (non-hydrogen) atoms. The molecular weight excluding hydrogens is 322 g/mol. The first-order valence-electron chi connectivity index (χ1n) is 9.78. The van der Waals surface area contributed by atoms with Crippen LogP contribution in [0.5, 0.6) is 0 Å². The SMILES string of the molecule is O=C(CC1CC(c2ccccc2)C1)N1CCCN(c2ccccn2)CC1. The third-order valence-electron chi connectivity index (χ3n) is 5.79. The van der Waals surface area contributed by atoms with Crippen LogP contribution in [-0.2, 0) is 4.79 Å². The number of amides is 1. The minimum absolute atomic E-state index is 0.337. The standard InChI is InChI=1S/C22H27N3O/c26-22(17-18-15-20(16-18)19-7-2-1-3-8-19)25-12-6-11-24(13-14-25)21-9-4-5-10-23-21/h1-5,7-10,18,20H,6,11-17H2. The fourth-order valence-electron chi connectivity index (χ4n) is 4.21. The number of pyridine rings is 1. The van der Waals surface area contributed by atoms with Crippen LogP contribution in [0.15, 0.2) is 54.7 Å². The molecule has 1 aromatic heterocycles. The average Bonchev–Trinajstić information content (AvgIpc) is 2.92. The molecule has 1 aliphatic carbocycles. The lowest BCUT2D eigenvalue weighted by Gasteiger charge is -2.36. The largest absolute Gasteiger partial charge is 0.355 e. The molecule has 0 bridgehead atoms. The van der Waals surface area contributed by atoms with Crippen molar-refractivity contribution in [2.45, 2.75) is 31.6 Å². The molecule has 1 aliphatic heterocycles. The molecule has 2 fully saturated rings. The predicted molar refractivity (Wildman–Crippen MR) is 104 cm³/mol. The molecule has 1 amide bonds. The maximum atomic E-state index is 12.7. The second-order valence-electron chi connectivity index (χ2n) is 7.56. The molecule has 2 aliphatic rings. The van der Waals surface area contributed by atoms with Gasteiger partial charge in [0, 0.05) is 38.8 Å². The molecule has 0 spiro atoms. The van der Waals surface area contributed by atoms with Crippen molar-refractivity contribution in [2.75, 3.05) is 31.1 Å². The van der Waals surface area contributed by atoms with Crippen molar-refractivity contribution in [3.63, 3.8) is 0 Å². The van der Waals surface area contributed by atoms with Gasteiger partial charge in [-0.15, -0.1) is 0 Å². The average molecular weight is 349 g/mol. The molecular formula is C22H27N3O. The van der Waals surface area contributed by atoms with Crippen LogP contribution < -0.4 is 4.90 Å². The van der Waals surface area contributed by atoms with Crippen LogP contribution in [0.2, 0.25) is 0 Å². The summed E-state index contributed by atoms with van der Waals surface area (Å²) in [5, 5.41) is 0. The van der Waals surface area contributed by atoms with Crippen LogP contribution in [-0.4, -0.2) is 42.0 Å². The van der Waals surface area contributed by atoms with Gasteiger partial charge in [-0.05, 0) is 48.8 Å². The second kappa shape index (κ2) is 7.90. The van der Waals surface area contributed by atoms with E-state index in [2.05, 4.69) is 51.2 Å². The van der Waals surface area contributed by atoms with Gasteiger partial charge in [0.2, 0.25) is 5.91 Å². The molecule has 1 aromatic carbocycles. The van der Waals surface area contributed by atoms with E-state index in [9.17, 15) is 4.79 Å². The van der Waals surface area contributed by atoms with Gasteiger partial charge in [0.05, 0.1) is 0 Å². The highest BCUT2D eigenvalue weighted by molar-refractivity contribution is 5.76. The molecule has 1 saturated heterocycles. The number of rotatable bonds is 4. The Bertz CT molecular complexity index is 713. The number of anilines is 1. The van der Waals surface area contributed by atoms with E-state index in [1.54, 1.807) is 0 Å². The highest BCUT2D eigenvalue weighted by atomic mass is 16.2. The summed E-state index contributed by atoms with van der Waals surface area (Å²) < 4.78 is 0. The van der Waals surface area contributed by atoms with Crippen molar-refractivity contribution in [1.82, 2.24) is 9.88 Å². The van der Waals surface area contributed by atoms with E-state index in [0.29, 0.717) is 24.2 Å². The van der Waals surface area contributed by atoms with Gasteiger partial charge in [0.15, 0.2) is 0 Å². The lowest BCUT2D eigenvalue weighted by molar-refractivity contribution is -0.132. The molecule has 4 nitrogen and oxygen atoms in total. The summed E-state index contributed by atoms with van der Waals surface area (Å²) in [4.78, 5) is 21.5. The summed E-state index contributed by atoms with van der Waals surface area (Å²) in [6.07, 6.45) is 5.88. The number of benzene rings is 1. The Morgan fingerprint density at radius 1 is 0.962 bits per heavy atom. The second-order valence-corrected chi connectivity index (χ2v) is 7.56. The fourth-order valence-corrected chi connectivity index (χ4v) is 4.21. The minimum Gasteiger partial charge on any atom is -0.355 e. The zero-order valence-corrected chi connectivity index (χ0v) is 15.3. The van der Waals surface area contributed by atoms with Gasteiger partial charge in [0.1, 0.15) is 5.82 Å². The molecule has 2 heterocycles. The Morgan fingerprint density at radius 2 is 1.77 bits per heavy atom. The summed E-state index contributed by atoms with van der Waals surface area (Å²) in [6.45, 7) is 3.53. The molecule has 4 rings (SSSR count). The van der Waals surface area contributed by atoms with Gasteiger partial charge < -0.3 is 9.80 Å². The summed E-state index contributed by atoms with van der Waals surface area (Å²) in [5.74, 6) is 2.57. The van der Waals surface area contributed by atoms with Gasteiger partial charge in [-0.2, -0.15) is 0 Å². The smallest absolute Gasteiger partial charge is 0.222 e. The Labute approximate surface area is 155 Å². The van der Waals surface area contributed by atoms with Crippen LogP contribution in [0.25, 0.3) is 0 Å². The number of carbonyl (C=O) groups is 1. The number of hydrogen-bond donors (Lipinski definition) is 0. The van der Waals surface area contributed by atoms with Crippen LogP contribution in [0.1, 0.15) is 37.2 Å². The first kappa shape index (κ1) is 17.1. The molecule has 1 saturated carbocycles. The van der Waals surface area contributed by atoms with E-state index < -0.39 is 0 Å². The van der Waals surface area contributed by atoms with Gasteiger partial charge in [0.25, 0.3) is 0 Å². The predicted octanol–water partition coefficient (Wildman–Crippen LogP) is 3.70. The van der Waals surface area contributed by atoms with Crippen LogP contribution in [0.4, 0.5) is 5.82 Å². The van der Waals surface area contributed by atoms with Crippen molar-refractivity contribution in [2.24, 2.45) is 5.92 Å². The van der Waals surface area contributed by atoms with Crippen molar-refractivity contribution >= 4 is 11.7 Å². The van der Waals surface area contributed by atoms with Gasteiger partial charge in [-0.3, -0.25) is 4.79 Å². The van der Waals surface area contributed by atoms with Crippen molar-refractivity contribution in [3.8, 4) is 0 Å². The quantitative estimate of drug-likeness (QED) is 0.844. The zero-order chi connectivity index (χ0) is 17.8. The fraction of sp³-hybridized carbons (Fsp3) is 0.455. The van der Waals surface area contributed by atoms with E-state index in [1.165, 1.54) is 5.56 Å². The minimum atomic E-state index is 0.337. The Balaban J connectivity index is 1.26. The molecule has 2 aromatic rings. The summed E-state index contributed by atoms with van der Waals surface area (Å²) >= 11 is 0. The van der Waals surface area contributed by atoms with Gasteiger partial charge in [-0.1, -0.05) is 36.4 Å². The van der Waals surface area contributed by atoms with Crippen molar-refractivity contribution < 1.29 is 4.79 Å². The number of carbonyl (C=O) groups excluding carboxylic acids is 1. The highest BCUT2D eigenvalue weighted by Gasteiger charge is 2.33. The molecule has 0 atom stereocenters. The number of hydrogen-bond acceptors (Lipinski definition) is 3. The molecule has 136 valence electrons. The third-order valence-corrected chi connectivity index (χ3v) is 5.79. The van der Waals surface area contributed by atoms with Crippen LogP contribution >= 0.6 is 0 Å². The summed E-state index contributed by atoms with van der Waals surface area (Å²) in [6, 6.07) is 16.7.